The normalized spacial score (nSPS) is 24.0. The van der Waals surface area contributed by atoms with Crippen molar-refractivity contribution in [3.63, 3.8) is 0 Å². The highest BCUT2D eigenvalue weighted by Crippen LogP contribution is 2.38. The van der Waals surface area contributed by atoms with E-state index in [1.807, 2.05) is 0 Å². The zero-order chi connectivity index (χ0) is 15.3. The van der Waals surface area contributed by atoms with Gasteiger partial charge in [0.25, 0.3) is 15.2 Å². The van der Waals surface area contributed by atoms with Crippen LogP contribution in [-0.4, -0.2) is 64.6 Å². The number of hydrogen-bond donors (Lipinski definition) is 0. The minimum absolute atomic E-state index is 0.00472. The molecule has 0 bridgehead atoms. The van der Waals surface area contributed by atoms with Crippen LogP contribution in [0.2, 0.25) is 0 Å². The quantitative estimate of drug-likeness (QED) is 0.762. The van der Waals surface area contributed by atoms with Gasteiger partial charge in [-0.2, -0.15) is 9.29 Å². The van der Waals surface area contributed by atoms with Crippen LogP contribution in [0.3, 0.4) is 0 Å². The van der Waals surface area contributed by atoms with Gasteiger partial charge < -0.3 is 4.90 Å². The summed E-state index contributed by atoms with van der Waals surface area (Å²) in [5.41, 5.74) is 0.201. The Morgan fingerprint density at radius 2 is 1.81 bits per heavy atom. The molecule has 118 valence electrons. The van der Waals surface area contributed by atoms with Gasteiger partial charge in [0.15, 0.2) is 0 Å². The number of rotatable bonds is 2. The average Bonchev–Trinajstić information content (AvgIpc) is 2.95. The molecule has 0 atom stereocenters. The zero-order valence-corrected chi connectivity index (χ0v) is 14.7. The Labute approximate surface area is 133 Å². The van der Waals surface area contributed by atoms with E-state index in [4.69, 9.17) is 0 Å². The molecule has 0 aliphatic carbocycles. The number of aromatic nitrogens is 3. The van der Waals surface area contributed by atoms with Crippen LogP contribution in [0, 0.1) is 0 Å². The summed E-state index contributed by atoms with van der Waals surface area (Å²) in [6.07, 6.45) is 4.16. The summed E-state index contributed by atoms with van der Waals surface area (Å²) in [4.78, 5) is 6.39. The lowest BCUT2D eigenvalue weighted by Crippen LogP contribution is -2.52. The van der Waals surface area contributed by atoms with E-state index in [0.29, 0.717) is 17.8 Å². The van der Waals surface area contributed by atoms with Gasteiger partial charge in [-0.1, -0.05) is 0 Å². The first-order valence-electron chi connectivity index (χ1n) is 7.13. The monoisotopic (exact) mass is 377 g/mol. The SMILES string of the molecule is CN1CCCC12CCN(S(=O)(=O)c1nc(Br)nn1C)CC2. The highest BCUT2D eigenvalue weighted by molar-refractivity contribution is 9.10. The third kappa shape index (κ3) is 2.54. The number of piperidine rings is 1. The molecule has 0 saturated carbocycles. The maximum Gasteiger partial charge on any atom is 0.278 e. The molecule has 3 heterocycles. The Balaban J connectivity index is 1.79. The maximum absolute atomic E-state index is 12.7. The van der Waals surface area contributed by atoms with Crippen molar-refractivity contribution in [1.82, 2.24) is 24.0 Å². The average molecular weight is 378 g/mol. The molecule has 1 aromatic rings. The van der Waals surface area contributed by atoms with E-state index >= 15 is 0 Å². The van der Waals surface area contributed by atoms with Gasteiger partial charge >= 0.3 is 0 Å². The van der Waals surface area contributed by atoms with Crippen molar-refractivity contribution < 1.29 is 8.42 Å². The standard InChI is InChI=1S/C12H20BrN5O2S/c1-16-7-3-4-12(16)5-8-18(9-6-12)21(19,20)11-14-10(13)15-17(11)2/h3-9H2,1-2H3. The minimum atomic E-state index is -3.56. The van der Waals surface area contributed by atoms with Gasteiger partial charge in [-0.3, -0.25) is 0 Å². The fourth-order valence-electron chi connectivity index (χ4n) is 3.53. The highest BCUT2D eigenvalue weighted by Gasteiger charge is 2.44. The van der Waals surface area contributed by atoms with Crippen LogP contribution in [0.15, 0.2) is 9.89 Å². The van der Waals surface area contributed by atoms with Gasteiger partial charge in [-0.25, -0.2) is 13.1 Å². The van der Waals surface area contributed by atoms with Gasteiger partial charge in [0.05, 0.1) is 0 Å². The molecule has 1 aromatic heterocycles. The van der Waals surface area contributed by atoms with E-state index in [1.54, 1.807) is 11.4 Å². The molecular formula is C12H20BrN5O2S. The first-order chi connectivity index (χ1) is 9.85. The van der Waals surface area contributed by atoms with Crippen molar-refractivity contribution in [1.29, 1.82) is 0 Å². The fourth-order valence-corrected chi connectivity index (χ4v) is 5.52. The number of sulfonamides is 1. The van der Waals surface area contributed by atoms with Gasteiger partial charge in [0.2, 0.25) is 4.73 Å². The number of halogens is 1. The Morgan fingerprint density at radius 1 is 1.14 bits per heavy atom. The second-order valence-corrected chi connectivity index (χ2v) is 8.48. The van der Waals surface area contributed by atoms with Gasteiger partial charge in [-0.05, 0) is 55.2 Å². The Hall–Kier alpha value is -0.510. The van der Waals surface area contributed by atoms with Crippen molar-refractivity contribution >= 4 is 26.0 Å². The summed E-state index contributed by atoms with van der Waals surface area (Å²) >= 11 is 3.12. The van der Waals surface area contributed by atoms with Gasteiger partial charge in [-0.15, -0.1) is 5.10 Å². The summed E-state index contributed by atoms with van der Waals surface area (Å²) in [7, 11) is 0.186. The Bertz CT molecular complexity index is 636. The van der Waals surface area contributed by atoms with Crippen molar-refractivity contribution in [2.75, 3.05) is 26.7 Å². The van der Waals surface area contributed by atoms with Crippen molar-refractivity contribution in [2.45, 2.75) is 36.4 Å². The number of likely N-dealkylation sites (tertiary alicyclic amines) is 1. The van der Waals surface area contributed by atoms with Crippen molar-refractivity contribution in [3.8, 4) is 0 Å². The van der Waals surface area contributed by atoms with E-state index in [-0.39, 0.29) is 10.7 Å². The largest absolute Gasteiger partial charge is 0.301 e. The maximum atomic E-state index is 12.7. The molecule has 2 fully saturated rings. The molecule has 0 unspecified atom stereocenters. The van der Waals surface area contributed by atoms with Crippen LogP contribution in [0.25, 0.3) is 0 Å². The molecule has 21 heavy (non-hydrogen) atoms. The molecule has 2 aliphatic rings. The molecule has 0 aromatic carbocycles. The third-order valence-corrected chi connectivity index (χ3v) is 7.06. The molecule has 2 saturated heterocycles. The molecular weight excluding hydrogens is 358 g/mol. The molecule has 7 nitrogen and oxygen atoms in total. The molecule has 0 N–H and O–H groups in total. The number of nitrogens with zero attached hydrogens (tertiary/aromatic N) is 5. The summed E-state index contributed by atoms with van der Waals surface area (Å²) in [6.45, 7) is 2.22. The fraction of sp³-hybridized carbons (Fsp3) is 0.833. The van der Waals surface area contributed by atoms with E-state index in [0.717, 1.165) is 19.4 Å². The Morgan fingerprint density at radius 3 is 2.29 bits per heavy atom. The van der Waals surface area contributed by atoms with Gasteiger partial charge in [0, 0.05) is 25.7 Å². The van der Waals surface area contributed by atoms with Crippen LogP contribution in [0.5, 0.6) is 0 Å². The van der Waals surface area contributed by atoms with E-state index < -0.39 is 10.0 Å². The second kappa shape index (κ2) is 5.29. The lowest BCUT2D eigenvalue weighted by molar-refractivity contribution is 0.101. The van der Waals surface area contributed by atoms with E-state index in [9.17, 15) is 8.42 Å². The zero-order valence-electron chi connectivity index (χ0n) is 12.3. The molecule has 0 amide bonds. The molecule has 9 heteroatoms. The first kappa shape index (κ1) is 15.4. The van der Waals surface area contributed by atoms with Crippen LogP contribution >= 0.6 is 15.9 Å². The molecule has 2 aliphatic heterocycles. The lowest BCUT2D eigenvalue weighted by atomic mass is 9.86. The second-order valence-electron chi connectivity index (χ2n) is 5.94. The molecule has 0 radical (unpaired) electrons. The van der Waals surface area contributed by atoms with Crippen LogP contribution in [0.4, 0.5) is 0 Å². The molecule has 3 rings (SSSR count). The topological polar surface area (TPSA) is 71.3 Å². The predicted octanol–water partition coefficient (Wildman–Crippen LogP) is 0.826. The third-order valence-electron chi connectivity index (χ3n) is 4.87. The molecule has 1 spiro atoms. The van der Waals surface area contributed by atoms with Crippen LogP contribution in [-0.2, 0) is 17.1 Å². The van der Waals surface area contributed by atoms with E-state index in [1.165, 1.54) is 17.5 Å². The van der Waals surface area contributed by atoms with E-state index in [2.05, 4.69) is 38.0 Å². The summed E-state index contributed by atoms with van der Waals surface area (Å²) in [5.74, 6) is 0. The number of hydrogen-bond acceptors (Lipinski definition) is 5. The summed E-state index contributed by atoms with van der Waals surface area (Å²) in [5, 5.41) is 3.97. The van der Waals surface area contributed by atoms with Crippen LogP contribution in [0.1, 0.15) is 25.7 Å². The smallest absolute Gasteiger partial charge is 0.278 e. The first-order valence-corrected chi connectivity index (χ1v) is 9.36. The van der Waals surface area contributed by atoms with Crippen molar-refractivity contribution in [3.05, 3.63) is 4.73 Å². The number of aryl methyl sites for hydroxylation is 1. The lowest BCUT2D eigenvalue weighted by Gasteiger charge is -2.42. The predicted molar refractivity (Wildman–Crippen MR) is 81.3 cm³/mol. The Kier molecular flexibility index (Phi) is 3.88. The summed E-state index contributed by atoms with van der Waals surface area (Å²) in [6, 6.07) is 0. The highest BCUT2D eigenvalue weighted by atomic mass is 79.9. The minimum Gasteiger partial charge on any atom is -0.301 e. The summed E-state index contributed by atoms with van der Waals surface area (Å²) < 4.78 is 28.5. The van der Waals surface area contributed by atoms with Crippen molar-refractivity contribution in [2.24, 2.45) is 7.05 Å². The van der Waals surface area contributed by atoms with Gasteiger partial charge in [0.1, 0.15) is 0 Å². The van der Waals surface area contributed by atoms with Crippen LogP contribution < -0.4 is 0 Å².